The van der Waals surface area contributed by atoms with E-state index in [2.05, 4.69) is 20.3 Å². The molecule has 2 aliphatic heterocycles. The average molecular weight is 631 g/mol. The molecular weight excluding hydrogens is 591 g/mol. The van der Waals surface area contributed by atoms with E-state index in [4.69, 9.17) is 25.8 Å². The van der Waals surface area contributed by atoms with Gasteiger partial charge >= 0.3 is 6.09 Å². The Kier molecular flexibility index (Phi) is 10.7. The molecular formula is C31H40ClFN6O5. The molecule has 13 heteroatoms. The van der Waals surface area contributed by atoms with Crippen LogP contribution in [-0.4, -0.2) is 65.1 Å². The highest BCUT2D eigenvalue weighted by molar-refractivity contribution is 6.30. The molecule has 238 valence electrons. The fourth-order valence-electron chi connectivity index (χ4n) is 5.93. The molecule has 11 nitrogen and oxygen atoms in total. The number of aromatic nitrogens is 1. The number of nitrogens with zero attached hydrogens (tertiary/aromatic N) is 5. The smallest absolute Gasteiger partial charge is 0.412 e. The van der Waals surface area contributed by atoms with Gasteiger partial charge in [0.25, 0.3) is 0 Å². The van der Waals surface area contributed by atoms with Crippen molar-refractivity contribution < 1.29 is 28.2 Å². The van der Waals surface area contributed by atoms with Crippen LogP contribution in [0, 0.1) is 11.7 Å². The summed E-state index contributed by atoms with van der Waals surface area (Å²) in [6, 6.07) is 5.59. The lowest BCUT2D eigenvalue weighted by Crippen LogP contribution is -2.50. The van der Waals surface area contributed by atoms with Crippen molar-refractivity contribution in [2.45, 2.75) is 89.6 Å². The first-order valence-corrected chi connectivity index (χ1v) is 15.2. The highest BCUT2D eigenvalue weighted by Crippen LogP contribution is 2.38. The summed E-state index contributed by atoms with van der Waals surface area (Å²) < 4.78 is 32.3. The van der Waals surface area contributed by atoms with Crippen molar-refractivity contribution in [2.75, 3.05) is 25.1 Å². The number of halogens is 2. The zero-order chi connectivity index (χ0) is 32.1. The molecule has 4 rings (SSSR count). The van der Waals surface area contributed by atoms with Crippen molar-refractivity contribution in [3.8, 4) is 0 Å². The van der Waals surface area contributed by atoms with Crippen LogP contribution in [0.5, 0.6) is 0 Å². The molecule has 3 atom stereocenters. The van der Waals surface area contributed by atoms with Crippen molar-refractivity contribution in [1.82, 2.24) is 9.88 Å². The second-order valence-electron chi connectivity index (χ2n) is 12.6. The molecule has 2 saturated heterocycles. The lowest BCUT2D eigenvalue weighted by molar-refractivity contribution is -0.118. The van der Waals surface area contributed by atoms with Crippen LogP contribution in [0.15, 0.2) is 41.8 Å². The number of hydrogen-bond donors (Lipinski definition) is 1. The summed E-state index contributed by atoms with van der Waals surface area (Å²) in [5, 5.41) is 7.27. The third-order valence-electron chi connectivity index (χ3n) is 7.97. The standard InChI is InChI=1S/C31H40ClFN6O5/c1-30(2,3)44-29(41)39-22(18-43-31(39,4)5)10-11-23-24(33)16-35-17-25(23)36-28(40)27(37-38-34)26(20-12-14-42-15-13-20)19-6-8-21(32)9-7-19/h6-9,16-17,20,22,26-27H,10-15,18H2,1-5H3,(H,36,40)/t22-,26-,27-/m0/s1. The van der Waals surface area contributed by atoms with Gasteiger partial charge in [0.05, 0.1) is 30.7 Å². The first kappa shape index (κ1) is 33.5. The quantitative estimate of drug-likeness (QED) is 0.180. The summed E-state index contributed by atoms with van der Waals surface area (Å²) >= 11 is 6.13. The molecule has 0 aliphatic carbocycles. The van der Waals surface area contributed by atoms with Gasteiger partial charge in [-0.1, -0.05) is 28.8 Å². The van der Waals surface area contributed by atoms with Crippen molar-refractivity contribution >= 4 is 29.3 Å². The Hall–Kier alpha value is -3.44. The first-order chi connectivity index (χ1) is 20.8. The highest BCUT2D eigenvalue weighted by atomic mass is 35.5. The van der Waals surface area contributed by atoms with E-state index in [1.54, 1.807) is 46.8 Å². The van der Waals surface area contributed by atoms with Crippen molar-refractivity contribution in [2.24, 2.45) is 11.0 Å². The fourth-order valence-corrected chi connectivity index (χ4v) is 6.06. The predicted molar refractivity (Wildman–Crippen MR) is 164 cm³/mol. The monoisotopic (exact) mass is 630 g/mol. The number of ether oxygens (including phenoxy) is 3. The minimum absolute atomic E-state index is 0.000776. The lowest BCUT2D eigenvalue weighted by atomic mass is 9.76. The van der Waals surface area contributed by atoms with Gasteiger partial charge in [0.15, 0.2) is 0 Å². The van der Waals surface area contributed by atoms with Gasteiger partial charge in [0.2, 0.25) is 5.91 Å². The molecule has 3 heterocycles. The number of carbonyl (C=O) groups excluding carboxylic acids is 2. The van der Waals surface area contributed by atoms with Gasteiger partial charge in [0.1, 0.15) is 23.2 Å². The van der Waals surface area contributed by atoms with E-state index in [1.165, 1.54) is 11.1 Å². The molecule has 2 fully saturated rings. The Morgan fingerprint density at radius 3 is 2.57 bits per heavy atom. The Balaban J connectivity index is 1.58. The van der Waals surface area contributed by atoms with Gasteiger partial charge in [-0.2, -0.15) is 0 Å². The van der Waals surface area contributed by atoms with Crippen LogP contribution in [-0.2, 0) is 25.4 Å². The van der Waals surface area contributed by atoms with Crippen molar-refractivity contribution in [3.05, 3.63) is 69.1 Å². The summed E-state index contributed by atoms with van der Waals surface area (Å²) in [5.74, 6) is -1.65. The molecule has 0 spiro atoms. The number of amides is 2. The van der Waals surface area contributed by atoms with E-state index in [0.29, 0.717) is 37.5 Å². The van der Waals surface area contributed by atoms with Crippen LogP contribution in [0.2, 0.25) is 5.02 Å². The molecule has 1 aromatic carbocycles. The topological polar surface area (TPSA) is 139 Å². The number of rotatable bonds is 9. The maximum Gasteiger partial charge on any atom is 0.412 e. The minimum atomic E-state index is -1.13. The van der Waals surface area contributed by atoms with Gasteiger partial charge in [-0.3, -0.25) is 14.7 Å². The van der Waals surface area contributed by atoms with Gasteiger partial charge in [0, 0.05) is 34.6 Å². The Morgan fingerprint density at radius 2 is 1.93 bits per heavy atom. The second-order valence-corrected chi connectivity index (χ2v) is 13.1. The molecule has 0 saturated carbocycles. The number of anilines is 1. The van der Waals surface area contributed by atoms with Crippen LogP contribution in [0.1, 0.15) is 70.9 Å². The minimum Gasteiger partial charge on any atom is -0.444 e. The fraction of sp³-hybridized carbons (Fsp3) is 0.581. The number of benzene rings is 1. The lowest BCUT2D eigenvalue weighted by Gasteiger charge is -2.35. The molecule has 44 heavy (non-hydrogen) atoms. The molecule has 2 aromatic rings. The molecule has 0 unspecified atom stereocenters. The molecule has 2 aliphatic rings. The normalized spacial score (nSPS) is 20.0. The number of pyridine rings is 1. The largest absolute Gasteiger partial charge is 0.444 e. The molecule has 0 bridgehead atoms. The molecule has 1 N–H and O–H groups in total. The summed E-state index contributed by atoms with van der Waals surface area (Å²) in [7, 11) is 0. The molecule has 0 radical (unpaired) electrons. The van der Waals surface area contributed by atoms with E-state index >= 15 is 4.39 Å². The number of hydrogen-bond acceptors (Lipinski definition) is 7. The second kappa shape index (κ2) is 14.1. The van der Waals surface area contributed by atoms with E-state index in [9.17, 15) is 15.1 Å². The van der Waals surface area contributed by atoms with Gasteiger partial charge < -0.3 is 19.5 Å². The zero-order valence-corrected chi connectivity index (χ0v) is 26.5. The van der Waals surface area contributed by atoms with Gasteiger partial charge in [-0.15, -0.1) is 0 Å². The third kappa shape index (κ3) is 8.18. The Labute approximate surface area is 262 Å². The van der Waals surface area contributed by atoms with Crippen LogP contribution in [0.3, 0.4) is 0 Å². The molecule has 1 aromatic heterocycles. The van der Waals surface area contributed by atoms with E-state index < -0.39 is 47.1 Å². The first-order valence-electron chi connectivity index (χ1n) is 14.8. The van der Waals surface area contributed by atoms with Crippen molar-refractivity contribution in [3.63, 3.8) is 0 Å². The average Bonchev–Trinajstić information content (AvgIpc) is 3.27. The van der Waals surface area contributed by atoms with Gasteiger partial charge in [-0.05, 0) is 89.4 Å². The van der Waals surface area contributed by atoms with E-state index in [-0.39, 0.29) is 30.2 Å². The zero-order valence-electron chi connectivity index (χ0n) is 25.8. The van der Waals surface area contributed by atoms with Crippen LogP contribution < -0.4 is 5.32 Å². The Morgan fingerprint density at radius 1 is 1.25 bits per heavy atom. The summed E-state index contributed by atoms with van der Waals surface area (Å²) in [5.41, 5.74) is 9.05. The summed E-state index contributed by atoms with van der Waals surface area (Å²) in [6.07, 6.45) is 3.79. The maximum atomic E-state index is 15.2. The van der Waals surface area contributed by atoms with Crippen LogP contribution in [0.4, 0.5) is 14.9 Å². The summed E-state index contributed by atoms with van der Waals surface area (Å²) in [4.78, 5) is 35.4. The summed E-state index contributed by atoms with van der Waals surface area (Å²) in [6.45, 7) is 10.2. The van der Waals surface area contributed by atoms with Gasteiger partial charge in [-0.25, -0.2) is 9.18 Å². The third-order valence-corrected chi connectivity index (χ3v) is 8.22. The van der Waals surface area contributed by atoms with Crippen LogP contribution >= 0.6 is 11.6 Å². The molecule has 2 amide bonds. The predicted octanol–water partition coefficient (Wildman–Crippen LogP) is 7.01. The number of azide groups is 1. The maximum absolute atomic E-state index is 15.2. The van der Waals surface area contributed by atoms with Crippen LogP contribution in [0.25, 0.3) is 10.4 Å². The van der Waals surface area contributed by atoms with Crippen molar-refractivity contribution in [1.29, 1.82) is 0 Å². The van der Waals surface area contributed by atoms with E-state index in [1.807, 2.05) is 12.1 Å². The SMILES string of the molecule is CC(C)(C)OC(=O)N1[C@@H](CCc2c(F)cncc2NC(=O)[C@@H](N=[N+]=[N-])[C@@H](c2ccc(Cl)cc2)C2CCOCC2)COC1(C)C. The number of nitrogens with one attached hydrogen (secondary N) is 1. The Bertz CT molecular complexity index is 1370. The highest BCUT2D eigenvalue weighted by Gasteiger charge is 2.45. The van der Waals surface area contributed by atoms with E-state index in [0.717, 1.165) is 11.8 Å². The number of carbonyl (C=O) groups is 2.